The van der Waals surface area contributed by atoms with Crippen LogP contribution in [0.4, 0.5) is 15.0 Å². The molecule has 112 valence electrons. The van der Waals surface area contributed by atoms with Crippen LogP contribution in [0.15, 0.2) is 12.1 Å². The van der Waals surface area contributed by atoms with E-state index in [1.807, 2.05) is 0 Å². The zero-order chi connectivity index (χ0) is 15.7. The summed E-state index contributed by atoms with van der Waals surface area (Å²) in [7, 11) is 1.41. The molecule has 2 heterocycles. The highest BCUT2D eigenvalue weighted by atomic mass is 19.1. The average molecular weight is 295 g/mol. The van der Waals surface area contributed by atoms with Crippen molar-refractivity contribution in [3.63, 3.8) is 0 Å². The average Bonchev–Trinajstić information content (AvgIpc) is 2.82. The molecule has 0 aliphatic carbocycles. The minimum Gasteiger partial charge on any atom is -0.465 e. The molecule has 1 fully saturated rings. The van der Waals surface area contributed by atoms with Crippen molar-refractivity contribution < 1.29 is 23.9 Å². The Morgan fingerprint density at radius 3 is 2.71 bits per heavy atom. The van der Waals surface area contributed by atoms with E-state index in [1.54, 1.807) is 0 Å². The Bertz CT molecular complexity index is 619. The smallest absolute Gasteiger partial charge is 0.414 e. The lowest BCUT2D eigenvalue weighted by molar-refractivity contribution is -0.132. The zero-order valence-electron chi connectivity index (χ0n) is 11.5. The number of halogens is 1. The van der Waals surface area contributed by atoms with E-state index in [4.69, 9.17) is 5.11 Å². The van der Waals surface area contributed by atoms with Crippen molar-refractivity contribution in [3.8, 4) is 0 Å². The molecule has 0 bridgehead atoms. The SMILES string of the molecule is Cc1nc(N(C)C(=O)[C@@H]2CCC(=O)N2C(=O)O)ccc1F. The minimum absolute atomic E-state index is 0.00637. The summed E-state index contributed by atoms with van der Waals surface area (Å²) in [6, 6.07) is 1.44. The van der Waals surface area contributed by atoms with Gasteiger partial charge in [0, 0.05) is 13.5 Å². The number of aryl methyl sites for hydroxylation is 1. The molecule has 3 amide bonds. The van der Waals surface area contributed by atoms with Gasteiger partial charge in [-0.05, 0) is 25.5 Å². The number of likely N-dealkylation sites (N-methyl/N-ethyl adjacent to an activating group) is 1. The van der Waals surface area contributed by atoms with Crippen molar-refractivity contribution in [3.05, 3.63) is 23.6 Å². The summed E-state index contributed by atoms with van der Waals surface area (Å²) < 4.78 is 13.2. The van der Waals surface area contributed by atoms with Gasteiger partial charge in [0.2, 0.25) is 5.91 Å². The van der Waals surface area contributed by atoms with Crippen LogP contribution in [-0.4, -0.2) is 46.0 Å². The first-order chi connectivity index (χ1) is 9.82. The fourth-order valence-electron chi connectivity index (χ4n) is 2.21. The quantitative estimate of drug-likeness (QED) is 0.884. The molecule has 21 heavy (non-hydrogen) atoms. The van der Waals surface area contributed by atoms with Gasteiger partial charge in [-0.3, -0.25) is 14.5 Å². The third kappa shape index (κ3) is 2.69. The molecule has 8 heteroatoms. The summed E-state index contributed by atoms with van der Waals surface area (Å²) in [5.74, 6) is -1.47. The second-order valence-corrected chi connectivity index (χ2v) is 4.73. The van der Waals surface area contributed by atoms with Gasteiger partial charge in [-0.25, -0.2) is 19.1 Å². The van der Waals surface area contributed by atoms with E-state index in [9.17, 15) is 18.8 Å². The molecule has 1 aromatic rings. The molecular weight excluding hydrogens is 281 g/mol. The maximum atomic E-state index is 13.2. The van der Waals surface area contributed by atoms with Crippen LogP contribution in [0.25, 0.3) is 0 Å². The molecule has 1 aromatic heterocycles. The van der Waals surface area contributed by atoms with Crippen LogP contribution in [0, 0.1) is 12.7 Å². The molecule has 1 N–H and O–H groups in total. The van der Waals surface area contributed by atoms with Crippen LogP contribution in [0.1, 0.15) is 18.5 Å². The maximum Gasteiger partial charge on any atom is 0.414 e. The summed E-state index contributed by atoms with van der Waals surface area (Å²) in [6.07, 6.45) is -1.31. The van der Waals surface area contributed by atoms with Gasteiger partial charge in [-0.15, -0.1) is 0 Å². The van der Waals surface area contributed by atoms with Crippen LogP contribution < -0.4 is 4.90 Å². The predicted molar refractivity (Wildman–Crippen MR) is 70.2 cm³/mol. The minimum atomic E-state index is -1.45. The fourth-order valence-corrected chi connectivity index (χ4v) is 2.21. The number of hydrogen-bond acceptors (Lipinski definition) is 4. The number of likely N-dealkylation sites (tertiary alicyclic amines) is 1. The Hall–Kier alpha value is -2.51. The van der Waals surface area contributed by atoms with E-state index in [2.05, 4.69) is 4.98 Å². The first kappa shape index (κ1) is 14.9. The fraction of sp³-hybridized carbons (Fsp3) is 0.385. The Balaban J connectivity index is 2.24. The number of imide groups is 1. The first-order valence-electron chi connectivity index (χ1n) is 6.28. The summed E-state index contributed by atoms with van der Waals surface area (Å²) in [5, 5.41) is 9.00. The monoisotopic (exact) mass is 295 g/mol. The first-order valence-corrected chi connectivity index (χ1v) is 6.28. The van der Waals surface area contributed by atoms with Gasteiger partial charge in [-0.2, -0.15) is 0 Å². The number of nitrogens with zero attached hydrogens (tertiary/aromatic N) is 3. The molecule has 1 atom stereocenters. The van der Waals surface area contributed by atoms with Gasteiger partial charge in [0.25, 0.3) is 5.91 Å². The highest BCUT2D eigenvalue weighted by molar-refractivity contribution is 6.04. The van der Waals surface area contributed by atoms with Crippen molar-refractivity contribution in [2.75, 3.05) is 11.9 Å². The standard InChI is InChI=1S/C13H14FN3O4/c1-7-8(14)3-5-10(15-7)16(2)12(19)9-4-6-11(18)17(9)13(20)21/h3,5,9H,4,6H2,1-2H3,(H,20,21)/t9-/m0/s1. The second kappa shape index (κ2) is 5.47. The molecular formula is C13H14FN3O4. The Morgan fingerprint density at radius 2 is 2.14 bits per heavy atom. The van der Waals surface area contributed by atoms with Crippen molar-refractivity contribution >= 4 is 23.7 Å². The summed E-state index contributed by atoms with van der Waals surface area (Å²) in [6.45, 7) is 1.46. The molecule has 1 aliphatic rings. The number of carbonyl (C=O) groups excluding carboxylic acids is 2. The normalized spacial score (nSPS) is 18.0. The number of pyridine rings is 1. The molecule has 0 unspecified atom stereocenters. The summed E-state index contributed by atoms with van der Waals surface area (Å²) in [5.41, 5.74) is 0.129. The van der Waals surface area contributed by atoms with E-state index in [-0.39, 0.29) is 24.4 Å². The summed E-state index contributed by atoms with van der Waals surface area (Å²) >= 11 is 0. The van der Waals surface area contributed by atoms with Gasteiger partial charge >= 0.3 is 6.09 Å². The lowest BCUT2D eigenvalue weighted by Crippen LogP contribution is -2.48. The van der Waals surface area contributed by atoms with E-state index < -0.39 is 29.8 Å². The Morgan fingerprint density at radius 1 is 1.48 bits per heavy atom. The second-order valence-electron chi connectivity index (χ2n) is 4.73. The van der Waals surface area contributed by atoms with E-state index in [1.165, 1.54) is 26.1 Å². The van der Waals surface area contributed by atoms with Gasteiger partial charge in [-0.1, -0.05) is 0 Å². The van der Waals surface area contributed by atoms with E-state index in [0.29, 0.717) is 4.90 Å². The highest BCUT2D eigenvalue weighted by Gasteiger charge is 2.41. The molecule has 0 saturated carbocycles. The predicted octanol–water partition coefficient (Wildman–Crippen LogP) is 1.16. The van der Waals surface area contributed by atoms with Crippen molar-refractivity contribution in [2.45, 2.75) is 25.8 Å². The van der Waals surface area contributed by atoms with Crippen LogP contribution in [0.5, 0.6) is 0 Å². The van der Waals surface area contributed by atoms with Gasteiger partial charge in [0.1, 0.15) is 17.7 Å². The zero-order valence-corrected chi connectivity index (χ0v) is 11.5. The van der Waals surface area contributed by atoms with Crippen LogP contribution in [0.3, 0.4) is 0 Å². The maximum absolute atomic E-state index is 13.2. The van der Waals surface area contributed by atoms with Gasteiger partial charge in [0.05, 0.1) is 5.69 Å². The molecule has 7 nitrogen and oxygen atoms in total. The van der Waals surface area contributed by atoms with E-state index >= 15 is 0 Å². The molecule has 1 saturated heterocycles. The van der Waals surface area contributed by atoms with Crippen LogP contribution in [-0.2, 0) is 9.59 Å². The van der Waals surface area contributed by atoms with Crippen molar-refractivity contribution in [2.24, 2.45) is 0 Å². The number of carboxylic acid groups (broad SMARTS) is 1. The number of aromatic nitrogens is 1. The van der Waals surface area contributed by atoms with E-state index in [0.717, 1.165) is 4.90 Å². The lowest BCUT2D eigenvalue weighted by Gasteiger charge is -2.24. The third-order valence-electron chi connectivity index (χ3n) is 3.38. The third-order valence-corrected chi connectivity index (χ3v) is 3.38. The molecule has 2 rings (SSSR count). The summed E-state index contributed by atoms with van der Waals surface area (Å²) in [4.78, 5) is 40.5. The molecule has 0 aromatic carbocycles. The Kier molecular flexibility index (Phi) is 3.88. The van der Waals surface area contributed by atoms with Crippen molar-refractivity contribution in [1.82, 2.24) is 9.88 Å². The number of hydrogen-bond donors (Lipinski definition) is 1. The van der Waals surface area contributed by atoms with Gasteiger partial charge < -0.3 is 5.11 Å². The lowest BCUT2D eigenvalue weighted by atomic mass is 10.2. The number of anilines is 1. The highest BCUT2D eigenvalue weighted by Crippen LogP contribution is 2.22. The Labute approximate surface area is 120 Å². The number of amides is 3. The van der Waals surface area contributed by atoms with Crippen LogP contribution >= 0.6 is 0 Å². The number of carbonyl (C=O) groups is 3. The molecule has 0 radical (unpaired) electrons. The topological polar surface area (TPSA) is 90.8 Å². The van der Waals surface area contributed by atoms with Crippen LogP contribution in [0.2, 0.25) is 0 Å². The number of rotatable bonds is 2. The molecule has 1 aliphatic heterocycles. The largest absolute Gasteiger partial charge is 0.465 e. The van der Waals surface area contributed by atoms with Gasteiger partial charge in [0.15, 0.2) is 0 Å². The molecule has 0 spiro atoms. The van der Waals surface area contributed by atoms with Crippen molar-refractivity contribution in [1.29, 1.82) is 0 Å².